The first-order valence-corrected chi connectivity index (χ1v) is 4.29. The molecular formula is C9H19O. The maximum absolute atomic E-state index is 11.1. The van der Waals surface area contributed by atoms with Gasteiger partial charge in [-0.15, -0.1) is 0 Å². The Bertz CT molecular complexity index is 78.8. The molecule has 0 heterocycles. The third-order valence-corrected chi connectivity index (χ3v) is 2.45. The van der Waals surface area contributed by atoms with Gasteiger partial charge >= 0.3 is 0 Å². The predicted octanol–water partition coefficient (Wildman–Crippen LogP) is 2.88. The third kappa shape index (κ3) is 2.70. The molecule has 0 spiro atoms. The van der Waals surface area contributed by atoms with Crippen LogP contribution in [0.5, 0.6) is 0 Å². The van der Waals surface area contributed by atoms with Crippen LogP contribution in [-0.2, 0) is 5.11 Å². The molecule has 61 valence electrons. The second-order valence-corrected chi connectivity index (χ2v) is 3.16. The molecule has 0 fully saturated rings. The summed E-state index contributed by atoms with van der Waals surface area (Å²) >= 11 is 0. The lowest BCUT2D eigenvalue weighted by Gasteiger charge is -2.22. The highest BCUT2D eigenvalue weighted by Gasteiger charge is 2.19. The Morgan fingerprint density at radius 1 is 1.10 bits per heavy atom. The van der Waals surface area contributed by atoms with Gasteiger partial charge in [0.25, 0.3) is 0 Å². The highest BCUT2D eigenvalue weighted by atomic mass is 16.3. The van der Waals surface area contributed by atoms with Crippen LogP contribution in [-0.4, -0.2) is 6.10 Å². The van der Waals surface area contributed by atoms with Gasteiger partial charge in [0.1, 0.15) is 0 Å². The molecule has 3 atom stereocenters. The van der Waals surface area contributed by atoms with Crippen molar-refractivity contribution < 1.29 is 5.11 Å². The molecule has 0 amide bonds. The van der Waals surface area contributed by atoms with Crippen molar-refractivity contribution >= 4 is 0 Å². The van der Waals surface area contributed by atoms with Crippen LogP contribution in [0.15, 0.2) is 0 Å². The van der Waals surface area contributed by atoms with Gasteiger partial charge in [0.2, 0.25) is 0 Å². The van der Waals surface area contributed by atoms with E-state index in [1.165, 1.54) is 0 Å². The molecule has 0 saturated carbocycles. The predicted molar refractivity (Wildman–Crippen MR) is 43.4 cm³/mol. The zero-order chi connectivity index (χ0) is 8.15. The molecule has 1 nitrogen and oxygen atoms in total. The molecule has 0 aliphatic heterocycles. The highest BCUT2D eigenvalue weighted by Crippen LogP contribution is 2.22. The molecule has 0 bridgehead atoms. The summed E-state index contributed by atoms with van der Waals surface area (Å²) in [5, 5.41) is 11.1. The lowest BCUT2D eigenvalue weighted by atomic mass is 9.86. The second-order valence-electron chi connectivity index (χ2n) is 3.16. The van der Waals surface area contributed by atoms with E-state index in [-0.39, 0.29) is 6.10 Å². The number of rotatable bonds is 4. The van der Waals surface area contributed by atoms with E-state index >= 15 is 0 Å². The zero-order valence-corrected chi connectivity index (χ0v) is 7.55. The van der Waals surface area contributed by atoms with E-state index in [2.05, 4.69) is 20.8 Å². The molecule has 0 rings (SSSR count). The summed E-state index contributed by atoms with van der Waals surface area (Å²) in [7, 11) is 0. The van der Waals surface area contributed by atoms with Crippen LogP contribution in [0.3, 0.4) is 0 Å². The molecule has 3 unspecified atom stereocenters. The van der Waals surface area contributed by atoms with E-state index in [1.54, 1.807) is 6.92 Å². The van der Waals surface area contributed by atoms with Crippen molar-refractivity contribution in [3.63, 3.8) is 0 Å². The van der Waals surface area contributed by atoms with Crippen molar-refractivity contribution in [3.05, 3.63) is 0 Å². The first kappa shape index (κ1) is 9.96. The van der Waals surface area contributed by atoms with Crippen molar-refractivity contribution in [1.82, 2.24) is 0 Å². The van der Waals surface area contributed by atoms with Gasteiger partial charge in [0, 0.05) is 0 Å². The van der Waals surface area contributed by atoms with E-state index in [4.69, 9.17) is 0 Å². The Balaban J connectivity index is 3.80. The van der Waals surface area contributed by atoms with Crippen LogP contribution in [0.4, 0.5) is 0 Å². The van der Waals surface area contributed by atoms with Gasteiger partial charge in [0.05, 0.1) is 6.10 Å². The third-order valence-electron chi connectivity index (χ3n) is 2.45. The quantitative estimate of drug-likeness (QED) is 0.576. The fraction of sp³-hybridized carbons (Fsp3) is 1.00. The average molecular weight is 143 g/mol. The largest absolute Gasteiger partial charge is 0.233 e. The summed E-state index contributed by atoms with van der Waals surface area (Å²) in [5.74, 6) is 0.975. The van der Waals surface area contributed by atoms with Gasteiger partial charge in [-0.3, -0.25) is 0 Å². The topological polar surface area (TPSA) is 19.9 Å². The van der Waals surface area contributed by atoms with E-state index in [0.717, 1.165) is 12.8 Å². The van der Waals surface area contributed by atoms with E-state index in [0.29, 0.717) is 11.8 Å². The van der Waals surface area contributed by atoms with Gasteiger partial charge in [-0.05, 0) is 18.8 Å². The fourth-order valence-electron chi connectivity index (χ4n) is 1.50. The van der Waals surface area contributed by atoms with Crippen molar-refractivity contribution in [2.24, 2.45) is 11.8 Å². The van der Waals surface area contributed by atoms with Gasteiger partial charge in [-0.25, -0.2) is 5.11 Å². The SMILES string of the molecule is CCC(C)C(CC)C(C)[O]. The van der Waals surface area contributed by atoms with Gasteiger partial charge < -0.3 is 0 Å². The van der Waals surface area contributed by atoms with Crippen LogP contribution in [0.2, 0.25) is 0 Å². The molecule has 0 aromatic carbocycles. The molecule has 0 saturated heterocycles. The maximum atomic E-state index is 11.1. The standard InChI is InChI=1S/C9H19O/c1-5-7(3)9(6-2)8(4)10/h7-9H,5-6H2,1-4H3. The Hall–Kier alpha value is -0.0400. The molecule has 1 heteroatoms. The summed E-state index contributed by atoms with van der Waals surface area (Å²) in [5.41, 5.74) is 0. The van der Waals surface area contributed by atoms with Crippen LogP contribution in [0.25, 0.3) is 0 Å². The van der Waals surface area contributed by atoms with Crippen molar-refractivity contribution in [1.29, 1.82) is 0 Å². The van der Waals surface area contributed by atoms with Crippen LogP contribution in [0.1, 0.15) is 40.5 Å². The van der Waals surface area contributed by atoms with Crippen molar-refractivity contribution in [2.45, 2.75) is 46.6 Å². The molecule has 1 radical (unpaired) electrons. The summed E-state index contributed by atoms with van der Waals surface area (Å²) < 4.78 is 0. The average Bonchev–Trinajstić information content (AvgIpc) is 1.88. The Morgan fingerprint density at radius 3 is 1.70 bits per heavy atom. The number of hydrogen-bond acceptors (Lipinski definition) is 0. The van der Waals surface area contributed by atoms with Crippen molar-refractivity contribution in [2.75, 3.05) is 0 Å². The normalized spacial score (nSPS) is 20.1. The first-order valence-electron chi connectivity index (χ1n) is 4.29. The minimum absolute atomic E-state index is 0.380. The molecule has 0 aliphatic carbocycles. The molecule has 0 N–H and O–H groups in total. The Morgan fingerprint density at radius 2 is 1.60 bits per heavy atom. The zero-order valence-electron chi connectivity index (χ0n) is 7.55. The van der Waals surface area contributed by atoms with E-state index < -0.39 is 0 Å². The fourth-order valence-corrected chi connectivity index (χ4v) is 1.50. The second kappa shape index (κ2) is 4.73. The lowest BCUT2D eigenvalue weighted by Crippen LogP contribution is -2.21. The molecule has 0 aromatic rings. The van der Waals surface area contributed by atoms with Crippen LogP contribution >= 0.6 is 0 Å². The molecule has 0 aliphatic rings. The van der Waals surface area contributed by atoms with Gasteiger partial charge in [-0.1, -0.05) is 33.6 Å². The van der Waals surface area contributed by atoms with Gasteiger partial charge in [-0.2, -0.15) is 0 Å². The van der Waals surface area contributed by atoms with Crippen molar-refractivity contribution in [3.8, 4) is 0 Å². The molecule has 10 heavy (non-hydrogen) atoms. The lowest BCUT2D eigenvalue weighted by molar-refractivity contribution is 0.0266. The Labute approximate surface area is 64.5 Å². The number of hydrogen-bond donors (Lipinski definition) is 0. The Kier molecular flexibility index (Phi) is 4.71. The van der Waals surface area contributed by atoms with E-state index in [1.807, 2.05) is 0 Å². The minimum Gasteiger partial charge on any atom is -0.233 e. The highest BCUT2D eigenvalue weighted by molar-refractivity contribution is 4.68. The van der Waals surface area contributed by atoms with E-state index in [9.17, 15) is 5.11 Å². The summed E-state index contributed by atoms with van der Waals surface area (Å²) in [6, 6.07) is 0. The minimum atomic E-state index is -0.389. The molecule has 0 aromatic heterocycles. The molecular weight excluding hydrogens is 124 g/mol. The first-order chi connectivity index (χ1) is 4.63. The maximum Gasteiger partial charge on any atom is 0.0932 e. The van der Waals surface area contributed by atoms with Crippen LogP contribution < -0.4 is 0 Å². The smallest absolute Gasteiger partial charge is 0.0932 e. The summed E-state index contributed by atoms with van der Waals surface area (Å²) in [6.45, 7) is 8.20. The monoisotopic (exact) mass is 143 g/mol. The summed E-state index contributed by atoms with van der Waals surface area (Å²) in [6.07, 6.45) is 1.77. The summed E-state index contributed by atoms with van der Waals surface area (Å²) in [4.78, 5) is 0. The van der Waals surface area contributed by atoms with Gasteiger partial charge in [0.15, 0.2) is 0 Å². The van der Waals surface area contributed by atoms with Crippen LogP contribution in [0, 0.1) is 11.8 Å².